The zero-order valence-electron chi connectivity index (χ0n) is 26.1. The van der Waals surface area contributed by atoms with Gasteiger partial charge in [-0.1, -0.05) is 0 Å². The van der Waals surface area contributed by atoms with Gasteiger partial charge in [-0.05, 0) is 0 Å². The van der Waals surface area contributed by atoms with Gasteiger partial charge in [0, 0.05) is 7.05 Å². The van der Waals surface area contributed by atoms with Crippen LogP contribution in [0.4, 0.5) is 5.95 Å². The standard InChI is InChI=1S/C21H33N10O18P3/c1-29-5-31(15-9(29)17(37)28-21(23)26-15)19-13(35)11(33)7(47-19)3-45-51(40,41)49-52(42,43)48-50(38,39)44-2-6-10(32)12(34)18(46-6)30-4-24-8-14(30)25-20(22)27-16(8)36/h4,6-7,10-13,17-19,32-35,37H,2-3,5H2,1H3,(H,38,39)(H,40,41)(H,42,43)(H3,23,26,28)(H3,22,25,27,36)/p-3/t6-,7-,10?,11+,12?,13?,17?,18-,19-/m1/s1. The molecule has 7 unspecified atom stereocenters. The lowest BCUT2D eigenvalue weighted by Crippen LogP contribution is -2.48. The number of aliphatic hydroxyl groups is 5. The topological polar surface area (TPSA) is 423 Å². The fourth-order valence-corrected chi connectivity index (χ4v) is 9.08. The van der Waals surface area contributed by atoms with E-state index in [0.717, 1.165) is 10.9 Å². The maximum Gasteiger partial charge on any atom is 0.280 e. The molecule has 0 amide bonds. The number of aromatic nitrogens is 4. The van der Waals surface area contributed by atoms with Gasteiger partial charge >= 0.3 is 0 Å². The number of nitrogens with zero attached hydrogens (tertiary/aromatic N) is 6. The number of ether oxygens (including phenoxy) is 2. The van der Waals surface area contributed by atoms with E-state index in [-0.39, 0.29) is 41.3 Å². The third kappa shape index (κ3) is 7.61. The summed E-state index contributed by atoms with van der Waals surface area (Å²) in [5, 5.41) is 54.9. The van der Waals surface area contributed by atoms with Crippen LogP contribution in [-0.4, -0.2) is 137 Å². The molecule has 0 spiro atoms. The number of likely N-dealkylation sites (N-methyl/N-ethyl adjacent to an activating group) is 1. The fourth-order valence-electron chi connectivity index (χ4n) is 5.70. The van der Waals surface area contributed by atoms with E-state index >= 15 is 0 Å². The summed E-state index contributed by atoms with van der Waals surface area (Å²) in [7, 11) is -16.8. The molecule has 6 heterocycles. The Hall–Kier alpha value is -3.11. The monoisotopic (exact) mass is 803 g/mol. The minimum atomic E-state index is -6.36. The van der Waals surface area contributed by atoms with Crippen LogP contribution in [0.15, 0.2) is 27.6 Å². The van der Waals surface area contributed by atoms with E-state index in [1.165, 1.54) is 9.80 Å². The van der Waals surface area contributed by atoms with E-state index in [2.05, 4.69) is 42.9 Å². The van der Waals surface area contributed by atoms with Gasteiger partial charge in [0.25, 0.3) is 29.0 Å². The highest BCUT2D eigenvalue weighted by molar-refractivity contribution is 7.65. The second-order valence-electron chi connectivity index (χ2n) is 11.5. The van der Waals surface area contributed by atoms with Crippen molar-refractivity contribution in [2.45, 2.75) is 55.3 Å². The van der Waals surface area contributed by atoms with Crippen LogP contribution in [0.5, 0.6) is 0 Å². The first kappa shape index (κ1) is 38.6. The molecule has 2 saturated heterocycles. The quantitative estimate of drug-likeness (QED) is 0.0900. The molecule has 11 N–H and O–H groups in total. The summed E-state index contributed by atoms with van der Waals surface area (Å²) >= 11 is 0. The van der Waals surface area contributed by atoms with Crippen molar-refractivity contribution in [2.24, 2.45) is 10.7 Å². The van der Waals surface area contributed by atoms with E-state index in [0.29, 0.717) is 0 Å². The highest BCUT2D eigenvalue weighted by atomic mass is 31.3. The van der Waals surface area contributed by atoms with Gasteiger partial charge in [0.15, 0.2) is 35.8 Å². The first-order valence-electron chi connectivity index (χ1n) is 14.6. The summed E-state index contributed by atoms with van der Waals surface area (Å²) in [6.45, 7) is -2.37. The van der Waals surface area contributed by atoms with Crippen molar-refractivity contribution < 1.29 is 81.1 Å². The van der Waals surface area contributed by atoms with Crippen LogP contribution < -0.4 is 37.0 Å². The average Bonchev–Trinajstić information content (AvgIpc) is 3.74. The molecular formula is C21H30N10O18P3-3. The molecule has 12 atom stereocenters. The Bertz CT molecular complexity index is 1980. The van der Waals surface area contributed by atoms with Gasteiger partial charge in [0.2, 0.25) is 5.95 Å². The van der Waals surface area contributed by atoms with Crippen LogP contribution in [0.1, 0.15) is 6.23 Å². The molecular weight excluding hydrogens is 773 g/mol. The largest absolute Gasteiger partial charge is 0.756 e. The molecule has 0 radical (unpaired) electrons. The Morgan fingerprint density at radius 1 is 0.923 bits per heavy atom. The van der Waals surface area contributed by atoms with Gasteiger partial charge < -0.3 is 85.3 Å². The number of hydrogen-bond donors (Lipinski definition) is 9. The van der Waals surface area contributed by atoms with Gasteiger partial charge in [-0.15, -0.1) is 0 Å². The highest BCUT2D eigenvalue weighted by Crippen LogP contribution is 2.63. The summed E-state index contributed by atoms with van der Waals surface area (Å²) in [5.74, 6) is -0.347. The lowest BCUT2D eigenvalue weighted by molar-refractivity contribution is -0.252. The van der Waals surface area contributed by atoms with Crippen molar-refractivity contribution >= 4 is 46.5 Å². The Kier molecular flexibility index (Phi) is 10.4. The summed E-state index contributed by atoms with van der Waals surface area (Å²) in [4.78, 5) is 65.4. The van der Waals surface area contributed by atoms with Crippen molar-refractivity contribution in [2.75, 3.05) is 32.7 Å². The number of hydrogen-bond acceptors (Lipinski definition) is 26. The lowest BCUT2D eigenvalue weighted by Gasteiger charge is -2.35. The second-order valence-corrected chi connectivity index (χ2v) is 16.0. The molecule has 28 nitrogen and oxygen atoms in total. The van der Waals surface area contributed by atoms with Crippen LogP contribution >= 0.6 is 23.5 Å². The number of aliphatic imine (C=N–C) groups is 1. The predicted octanol–water partition coefficient (Wildman–Crippen LogP) is -7.15. The van der Waals surface area contributed by atoms with Gasteiger partial charge in [-0.3, -0.25) is 28.0 Å². The molecule has 2 fully saturated rings. The van der Waals surface area contributed by atoms with Gasteiger partial charge in [-0.2, -0.15) is 4.98 Å². The molecule has 2 aromatic rings. The number of H-pyrrole nitrogens is 1. The maximum atomic E-state index is 12.3. The summed E-state index contributed by atoms with van der Waals surface area (Å²) in [5.41, 5.74) is 10.3. The van der Waals surface area contributed by atoms with Crippen molar-refractivity contribution in [3.8, 4) is 0 Å². The minimum Gasteiger partial charge on any atom is -0.756 e. The Labute approximate surface area is 289 Å². The molecule has 2 aromatic heterocycles. The average molecular weight is 803 g/mol. The molecule has 0 aromatic carbocycles. The lowest BCUT2D eigenvalue weighted by atomic mass is 10.1. The molecule has 31 heteroatoms. The van der Waals surface area contributed by atoms with E-state index in [4.69, 9.17) is 20.9 Å². The molecule has 0 saturated carbocycles. The Morgan fingerprint density at radius 2 is 1.48 bits per heavy atom. The number of anilines is 1. The molecule has 52 heavy (non-hydrogen) atoms. The Morgan fingerprint density at radius 3 is 2.08 bits per heavy atom. The van der Waals surface area contributed by atoms with Crippen LogP contribution in [0.2, 0.25) is 0 Å². The highest BCUT2D eigenvalue weighted by Gasteiger charge is 2.50. The SMILES string of the molecule is CN1CN([C@@H]2O[C@H](COP(=O)([O-])OP(=O)([O-])OP(=O)([O-])OC[C@H]3O[C@@H](n4cnc5c(=O)[nH]c(N)nc54)C(O)C3O)[C@H](O)C2O)C2=C1C(O)N=C(N)N2. The van der Waals surface area contributed by atoms with E-state index < -0.39 is 97.5 Å². The number of nitrogen functional groups attached to an aromatic ring is 1. The van der Waals surface area contributed by atoms with Crippen molar-refractivity contribution in [1.82, 2.24) is 34.6 Å². The van der Waals surface area contributed by atoms with E-state index in [1.807, 2.05) is 0 Å². The molecule has 4 aliphatic rings. The van der Waals surface area contributed by atoms with E-state index in [9.17, 15) is 58.7 Å². The van der Waals surface area contributed by atoms with Crippen molar-refractivity contribution in [3.05, 3.63) is 28.2 Å². The van der Waals surface area contributed by atoms with Crippen molar-refractivity contribution in [3.63, 3.8) is 0 Å². The minimum absolute atomic E-state index is 0.0270. The molecule has 290 valence electrons. The van der Waals surface area contributed by atoms with Crippen LogP contribution in [0, 0.1) is 0 Å². The van der Waals surface area contributed by atoms with Gasteiger partial charge in [-0.25, -0.2) is 18.6 Å². The number of rotatable bonds is 12. The molecule has 4 aliphatic heterocycles. The smallest absolute Gasteiger partial charge is 0.280 e. The van der Waals surface area contributed by atoms with Crippen LogP contribution in [0.25, 0.3) is 11.2 Å². The van der Waals surface area contributed by atoms with Gasteiger partial charge in [0.05, 0.1) is 26.2 Å². The number of nitrogens with one attached hydrogen (secondary N) is 2. The first-order chi connectivity index (χ1) is 24.2. The summed E-state index contributed by atoms with van der Waals surface area (Å²) in [6.07, 6.45) is -13.8. The summed E-state index contributed by atoms with van der Waals surface area (Å²) < 4.78 is 65.3. The second kappa shape index (κ2) is 13.9. The summed E-state index contributed by atoms with van der Waals surface area (Å²) in [6, 6.07) is 0. The number of aromatic amines is 1. The zero-order chi connectivity index (χ0) is 38.1. The van der Waals surface area contributed by atoms with Gasteiger partial charge in [0.1, 0.15) is 48.1 Å². The fraction of sp³-hybridized carbons (Fsp3) is 0.619. The van der Waals surface area contributed by atoms with Crippen LogP contribution in [-0.2, 0) is 40.8 Å². The number of fused-ring (bicyclic) bond motifs is 1. The molecule has 6 rings (SSSR count). The molecule has 0 aliphatic carbocycles. The van der Waals surface area contributed by atoms with E-state index in [1.54, 1.807) is 7.05 Å². The van der Waals surface area contributed by atoms with Crippen molar-refractivity contribution in [1.29, 1.82) is 0 Å². The maximum absolute atomic E-state index is 12.3. The third-order valence-corrected chi connectivity index (χ3v) is 12.1. The normalized spacial score (nSPS) is 34.2. The third-order valence-electron chi connectivity index (χ3n) is 7.96. The number of nitrogens with two attached hydrogens (primary N) is 2. The number of aliphatic hydroxyl groups excluding tert-OH is 5. The number of phosphoric acid groups is 3. The zero-order valence-corrected chi connectivity index (χ0v) is 28.8. The predicted molar refractivity (Wildman–Crippen MR) is 158 cm³/mol. The first-order valence-corrected chi connectivity index (χ1v) is 19.0. The van der Waals surface area contributed by atoms with Crippen LogP contribution in [0.3, 0.4) is 0 Å². The number of guanidine groups is 1. The number of phosphoric ester groups is 2. The Balaban J connectivity index is 1.02. The number of imidazole rings is 1. The molecule has 0 bridgehead atoms.